The highest BCUT2D eigenvalue weighted by Crippen LogP contribution is 2.25. The summed E-state index contributed by atoms with van der Waals surface area (Å²) < 4.78 is 40.8. The van der Waals surface area contributed by atoms with Crippen LogP contribution < -0.4 is 16.8 Å². The molecule has 0 bridgehead atoms. The summed E-state index contributed by atoms with van der Waals surface area (Å²) in [7, 11) is 2.62. The van der Waals surface area contributed by atoms with Crippen molar-refractivity contribution in [2.75, 3.05) is 0 Å². The lowest BCUT2D eigenvalue weighted by Crippen LogP contribution is -2.42. The van der Waals surface area contributed by atoms with Gasteiger partial charge in [0.25, 0.3) is 11.1 Å². The zero-order chi connectivity index (χ0) is 16.7. The van der Waals surface area contributed by atoms with Crippen molar-refractivity contribution in [3.8, 4) is 0 Å². The van der Waals surface area contributed by atoms with Gasteiger partial charge in [-0.2, -0.15) is 13.2 Å². The summed E-state index contributed by atoms with van der Waals surface area (Å²) >= 11 is 0. The number of halogens is 3. The van der Waals surface area contributed by atoms with E-state index in [1.165, 1.54) is 23.9 Å². The first kappa shape index (κ1) is 15.8. The van der Waals surface area contributed by atoms with E-state index in [-0.39, 0.29) is 5.56 Å². The molecule has 0 spiro atoms. The van der Waals surface area contributed by atoms with Gasteiger partial charge in [-0.05, 0) is 11.6 Å². The van der Waals surface area contributed by atoms with Gasteiger partial charge in [0, 0.05) is 32.6 Å². The molecular formula is C13H12F3N3O3. The molecule has 0 amide bonds. The average Bonchev–Trinajstić information content (AvgIpc) is 2.41. The number of alkyl halides is 3. The summed E-state index contributed by atoms with van der Waals surface area (Å²) in [6, 6.07) is 2.61. The Morgan fingerprint density at radius 2 is 1.73 bits per heavy atom. The molecule has 0 aliphatic carbocycles. The van der Waals surface area contributed by atoms with Crippen LogP contribution in [-0.4, -0.2) is 13.7 Å². The zero-order valence-corrected chi connectivity index (χ0v) is 11.7. The summed E-state index contributed by atoms with van der Waals surface area (Å²) in [5, 5.41) is 0. The van der Waals surface area contributed by atoms with E-state index in [9.17, 15) is 27.6 Å². The standard InChI is InChI=1S/C13H12F3N3O3/c1-17-4-3-8(5-10(17)20)6-19-11(21)9(13(14,15)16)7-18(2)12(19)22/h3-5,7H,6H2,1-2H3. The molecule has 22 heavy (non-hydrogen) atoms. The fraction of sp³-hybridized carbons (Fsp3) is 0.308. The lowest BCUT2D eigenvalue weighted by molar-refractivity contribution is -0.139. The Bertz CT molecular complexity index is 890. The van der Waals surface area contributed by atoms with E-state index < -0.39 is 35.1 Å². The average molecular weight is 315 g/mol. The molecule has 0 saturated carbocycles. The Balaban J connectivity index is 2.62. The Kier molecular flexibility index (Phi) is 3.82. The molecule has 0 unspecified atom stereocenters. The Labute approximate surface area is 121 Å². The van der Waals surface area contributed by atoms with E-state index in [0.717, 1.165) is 13.1 Å². The van der Waals surface area contributed by atoms with E-state index in [1.807, 2.05) is 0 Å². The molecule has 2 heterocycles. The number of hydrogen-bond donors (Lipinski definition) is 0. The van der Waals surface area contributed by atoms with Crippen LogP contribution in [0.1, 0.15) is 11.1 Å². The Hall–Kier alpha value is -2.58. The molecule has 0 N–H and O–H groups in total. The number of nitrogens with zero attached hydrogens (tertiary/aromatic N) is 3. The summed E-state index contributed by atoms with van der Waals surface area (Å²) in [6.07, 6.45) is -3.00. The van der Waals surface area contributed by atoms with Crippen molar-refractivity contribution in [3.05, 3.63) is 66.8 Å². The van der Waals surface area contributed by atoms with E-state index >= 15 is 0 Å². The van der Waals surface area contributed by atoms with Crippen molar-refractivity contribution in [2.24, 2.45) is 14.1 Å². The molecule has 0 aliphatic heterocycles. The lowest BCUT2D eigenvalue weighted by atomic mass is 10.2. The van der Waals surface area contributed by atoms with Gasteiger partial charge in [-0.15, -0.1) is 0 Å². The fourth-order valence-electron chi connectivity index (χ4n) is 1.93. The smallest absolute Gasteiger partial charge is 0.319 e. The third-order valence-corrected chi connectivity index (χ3v) is 3.15. The number of rotatable bonds is 2. The van der Waals surface area contributed by atoms with Crippen LogP contribution in [0.3, 0.4) is 0 Å². The van der Waals surface area contributed by atoms with Gasteiger partial charge in [-0.25, -0.2) is 4.79 Å². The second kappa shape index (κ2) is 5.32. The lowest BCUT2D eigenvalue weighted by Gasteiger charge is -2.12. The molecule has 0 radical (unpaired) electrons. The van der Waals surface area contributed by atoms with Crippen LogP contribution in [0.5, 0.6) is 0 Å². The van der Waals surface area contributed by atoms with Crippen molar-refractivity contribution >= 4 is 0 Å². The van der Waals surface area contributed by atoms with Crippen molar-refractivity contribution in [3.63, 3.8) is 0 Å². The Morgan fingerprint density at radius 3 is 2.27 bits per heavy atom. The number of aromatic nitrogens is 3. The minimum Gasteiger partial charge on any atom is -0.319 e. The summed E-state index contributed by atoms with van der Waals surface area (Å²) in [4.78, 5) is 35.3. The molecule has 9 heteroatoms. The maximum absolute atomic E-state index is 12.8. The minimum atomic E-state index is -4.86. The van der Waals surface area contributed by atoms with E-state index in [0.29, 0.717) is 15.3 Å². The first-order chi connectivity index (χ1) is 10.1. The van der Waals surface area contributed by atoms with E-state index in [4.69, 9.17) is 0 Å². The molecule has 0 aromatic carbocycles. The van der Waals surface area contributed by atoms with E-state index in [2.05, 4.69) is 0 Å². The summed E-state index contributed by atoms with van der Waals surface area (Å²) in [6.45, 7) is -0.411. The van der Waals surface area contributed by atoms with Crippen molar-refractivity contribution in [1.29, 1.82) is 0 Å². The summed E-state index contributed by atoms with van der Waals surface area (Å²) in [5.41, 5.74) is -3.88. The fourth-order valence-corrected chi connectivity index (χ4v) is 1.93. The molecule has 2 aromatic rings. The molecule has 0 fully saturated rings. The third-order valence-electron chi connectivity index (χ3n) is 3.15. The topological polar surface area (TPSA) is 66.0 Å². The summed E-state index contributed by atoms with van der Waals surface area (Å²) in [5.74, 6) is 0. The normalized spacial score (nSPS) is 11.7. The second-order valence-electron chi connectivity index (χ2n) is 4.81. The second-order valence-corrected chi connectivity index (χ2v) is 4.81. The van der Waals surface area contributed by atoms with Gasteiger partial charge >= 0.3 is 11.9 Å². The highest BCUT2D eigenvalue weighted by atomic mass is 19.4. The molecule has 0 saturated heterocycles. The van der Waals surface area contributed by atoms with Crippen molar-refractivity contribution < 1.29 is 13.2 Å². The largest absolute Gasteiger partial charge is 0.423 e. The van der Waals surface area contributed by atoms with Gasteiger partial charge in [-0.3, -0.25) is 14.2 Å². The number of aryl methyl sites for hydroxylation is 2. The first-order valence-corrected chi connectivity index (χ1v) is 6.14. The van der Waals surface area contributed by atoms with Gasteiger partial charge < -0.3 is 9.13 Å². The number of pyridine rings is 1. The van der Waals surface area contributed by atoms with Gasteiger partial charge in [0.05, 0.1) is 6.54 Å². The number of hydrogen-bond acceptors (Lipinski definition) is 3. The van der Waals surface area contributed by atoms with Gasteiger partial charge in [0.15, 0.2) is 0 Å². The van der Waals surface area contributed by atoms with Crippen LogP contribution in [0.25, 0.3) is 0 Å². The van der Waals surface area contributed by atoms with Gasteiger partial charge in [-0.1, -0.05) is 0 Å². The minimum absolute atomic E-state index is 0.265. The third kappa shape index (κ3) is 2.87. The van der Waals surface area contributed by atoms with Gasteiger partial charge in [0.2, 0.25) is 0 Å². The zero-order valence-electron chi connectivity index (χ0n) is 11.7. The molecule has 118 valence electrons. The SMILES string of the molecule is Cn1ccc(Cn2c(=O)c(C(F)(F)F)cn(C)c2=O)cc1=O. The molecule has 2 aromatic heterocycles. The highest BCUT2D eigenvalue weighted by Gasteiger charge is 2.35. The maximum atomic E-state index is 12.8. The predicted molar refractivity (Wildman–Crippen MR) is 71.7 cm³/mol. The molecule has 6 nitrogen and oxygen atoms in total. The van der Waals surface area contributed by atoms with Gasteiger partial charge in [0.1, 0.15) is 5.56 Å². The molecular weight excluding hydrogens is 303 g/mol. The van der Waals surface area contributed by atoms with Crippen LogP contribution in [-0.2, 0) is 26.8 Å². The quantitative estimate of drug-likeness (QED) is 0.801. The predicted octanol–water partition coefficient (Wildman–Crippen LogP) is 0.313. The monoisotopic (exact) mass is 315 g/mol. The van der Waals surface area contributed by atoms with Crippen LogP contribution in [0.15, 0.2) is 38.9 Å². The molecule has 0 aliphatic rings. The maximum Gasteiger partial charge on any atom is 0.423 e. The van der Waals surface area contributed by atoms with Crippen molar-refractivity contribution in [2.45, 2.75) is 12.7 Å². The highest BCUT2D eigenvalue weighted by molar-refractivity contribution is 5.14. The van der Waals surface area contributed by atoms with Crippen LogP contribution in [0.2, 0.25) is 0 Å². The van der Waals surface area contributed by atoms with Crippen LogP contribution >= 0.6 is 0 Å². The molecule has 0 atom stereocenters. The van der Waals surface area contributed by atoms with Crippen molar-refractivity contribution in [1.82, 2.24) is 13.7 Å². The van der Waals surface area contributed by atoms with Crippen LogP contribution in [0.4, 0.5) is 13.2 Å². The van der Waals surface area contributed by atoms with E-state index in [1.54, 1.807) is 0 Å². The molecule has 2 rings (SSSR count). The Morgan fingerprint density at radius 1 is 1.09 bits per heavy atom. The van der Waals surface area contributed by atoms with Crippen LogP contribution in [0, 0.1) is 0 Å². The first-order valence-electron chi connectivity index (χ1n) is 6.14.